The summed E-state index contributed by atoms with van der Waals surface area (Å²) < 4.78 is 39.5. The molecule has 0 unspecified atom stereocenters. The van der Waals surface area contributed by atoms with E-state index in [9.17, 15) is 18.0 Å². The summed E-state index contributed by atoms with van der Waals surface area (Å²) >= 11 is 0. The van der Waals surface area contributed by atoms with Crippen LogP contribution in [0.5, 0.6) is 5.75 Å². The Morgan fingerprint density at radius 2 is 1.71 bits per heavy atom. The van der Waals surface area contributed by atoms with Gasteiger partial charge in [-0.1, -0.05) is 12.1 Å². The van der Waals surface area contributed by atoms with Crippen molar-refractivity contribution in [3.05, 3.63) is 35.9 Å². The zero-order chi connectivity index (χ0) is 12.5. The van der Waals surface area contributed by atoms with E-state index in [0.29, 0.717) is 12.8 Å². The number of rotatable bonds is 2. The molecule has 90 valence electrons. The molecule has 0 aromatic heterocycles. The fourth-order valence-corrected chi connectivity index (χ4v) is 1.69. The maximum atomic E-state index is 11.9. The second-order valence-electron chi connectivity index (χ2n) is 3.71. The van der Waals surface area contributed by atoms with Gasteiger partial charge < -0.3 is 4.74 Å². The van der Waals surface area contributed by atoms with Crippen LogP contribution in [0.15, 0.2) is 30.3 Å². The molecule has 0 amide bonds. The number of halogens is 3. The third-order valence-electron chi connectivity index (χ3n) is 2.43. The Bertz CT molecular complexity index is 458. The largest absolute Gasteiger partial charge is 0.573 e. The summed E-state index contributed by atoms with van der Waals surface area (Å²) in [6, 6.07) is 5.52. The molecule has 5 heteroatoms. The molecule has 1 aliphatic carbocycles. The first-order valence-corrected chi connectivity index (χ1v) is 5.04. The first-order valence-electron chi connectivity index (χ1n) is 5.04. The Labute approximate surface area is 95.7 Å². The third kappa shape index (κ3) is 3.09. The third-order valence-corrected chi connectivity index (χ3v) is 2.43. The van der Waals surface area contributed by atoms with Gasteiger partial charge in [0, 0.05) is 6.42 Å². The van der Waals surface area contributed by atoms with Crippen LogP contribution < -0.4 is 4.74 Å². The van der Waals surface area contributed by atoms with E-state index in [1.807, 2.05) is 0 Å². The number of carbonyl (C=O) groups excluding carboxylic acids is 1. The van der Waals surface area contributed by atoms with Crippen LogP contribution in [0.4, 0.5) is 13.2 Å². The first-order chi connectivity index (χ1) is 7.94. The van der Waals surface area contributed by atoms with Crippen molar-refractivity contribution in [3.63, 3.8) is 0 Å². The van der Waals surface area contributed by atoms with E-state index in [2.05, 4.69) is 4.74 Å². The number of benzene rings is 1. The van der Waals surface area contributed by atoms with Gasteiger partial charge in [-0.05, 0) is 35.8 Å². The predicted molar refractivity (Wildman–Crippen MR) is 55.3 cm³/mol. The van der Waals surface area contributed by atoms with E-state index in [1.54, 1.807) is 0 Å². The normalized spacial score (nSPS) is 15.9. The summed E-state index contributed by atoms with van der Waals surface area (Å²) in [6.07, 6.45) is -2.04. The minimum Gasteiger partial charge on any atom is -0.406 e. The minimum atomic E-state index is -4.68. The maximum absolute atomic E-state index is 11.9. The molecule has 0 aliphatic heterocycles. The second kappa shape index (κ2) is 4.24. The van der Waals surface area contributed by atoms with Crippen LogP contribution in [-0.2, 0) is 4.79 Å². The lowest BCUT2D eigenvalue weighted by Crippen LogP contribution is -2.16. The van der Waals surface area contributed by atoms with Gasteiger partial charge in [-0.15, -0.1) is 13.2 Å². The van der Waals surface area contributed by atoms with Crippen molar-refractivity contribution >= 4 is 11.4 Å². The Kier molecular flexibility index (Phi) is 2.92. The average molecular weight is 242 g/mol. The number of ether oxygens (including phenoxy) is 1. The van der Waals surface area contributed by atoms with Crippen LogP contribution in [0.25, 0.3) is 5.57 Å². The Balaban J connectivity index is 2.13. The summed E-state index contributed by atoms with van der Waals surface area (Å²) in [4.78, 5) is 11.0. The van der Waals surface area contributed by atoms with Crippen LogP contribution in [0, 0.1) is 0 Å². The van der Waals surface area contributed by atoms with Gasteiger partial charge in [0.1, 0.15) is 5.75 Å². The number of alkyl halides is 3. The van der Waals surface area contributed by atoms with E-state index in [0.717, 1.165) is 11.1 Å². The van der Waals surface area contributed by atoms with Crippen LogP contribution in [0.1, 0.15) is 18.4 Å². The van der Waals surface area contributed by atoms with E-state index >= 15 is 0 Å². The zero-order valence-corrected chi connectivity index (χ0v) is 8.75. The van der Waals surface area contributed by atoms with Gasteiger partial charge in [0.15, 0.2) is 5.78 Å². The van der Waals surface area contributed by atoms with Crippen LogP contribution in [0.3, 0.4) is 0 Å². The van der Waals surface area contributed by atoms with Gasteiger partial charge >= 0.3 is 6.36 Å². The summed E-state index contributed by atoms with van der Waals surface area (Å²) in [5, 5.41) is 0. The molecule has 1 aliphatic rings. The van der Waals surface area contributed by atoms with Gasteiger partial charge in [0.2, 0.25) is 0 Å². The first kappa shape index (κ1) is 11.7. The highest BCUT2D eigenvalue weighted by molar-refractivity contribution is 6.01. The highest BCUT2D eigenvalue weighted by Gasteiger charge is 2.31. The molecule has 0 fully saturated rings. The number of ketones is 1. The topological polar surface area (TPSA) is 26.3 Å². The van der Waals surface area contributed by atoms with E-state index < -0.39 is 6.36 Å². The second-order valence-corrected chi connectivity index (χ2v) is 3.71. The van der Waals surface area contributed by atoms with Gasteiger partial charge in [-0.25, -0.2) is 0 Å². The summed E-state index contributed by atoms with van der Waals surface area (Å²) in [5.74, 6) is -0.207. The summed E-state index contributed by atoms with van der Waals surface area (Å²) in [5.41, 5.74) is 1.61. The highest BCUT2D eigenvalue weighted by Crippen LogP contribution is 2.28. The zero-order valence-electron chi connectivity index (χ0n) is 8.75. The molecule has 0 saturated carbocycles. The lowest BCUT2D eigenvalue weighted by molar-refractivity contribution is -0.274. The van der Waals surface area contributed by atoms with Crippen LogP contribution in [0.2, 0.25) is 0 Å². The number of allylic oxidation sites excluding steroid dienone is 2. The standard InChI is InChI=1S/C12H9F3O2/c13-12(14,15)17-11-5-2-8(3-6-11)9-1-4-10(16)7-9/h2-3,5-7H,1,4H2. The SMILES string of the molecule is O=C1C=C(c2ccc(OC(F)(F)F)cc2)CC1. The van der Waals surface area contributed by atoms with Crippen molar-refractivity contribution in [2.24, 2.45) is 0 Å². The molecule has 1 aromatic rings. The van der Waals surface area contributed by atoms with Gasteiger partial charge in [-0.3, -0.25) is 4.79 Å². The Hall–Kier alpha value is -1.78. The van der Waals surface area contributed by atoms with Crippen molar-refractivity contribution < 1.29 is 22.7 Å². The van der Waals surface area contributed by atoms with Gasteiger partial charge in [0.25, 0.3) is 0 Å². The molecule has 2 nitrogen and oxygen atoms in total. The maximum Gasteiger partial charge on any atom is 0.573 e. The summed E-state index contributed by atoms with van der Waals surface area (Å²) in [6.45, 7) is 0. The molecular weight excluding hydrogens is 233 g/mol. The van der Waals surface area contributed by atoms with Crippen molar-refractivity contribution in [2.45, 2.75) is 19.2 Å². The van der Waals surface area contributed by atoms with E-state index in [1.165, 1.54) is 30.3 Å². The summed E-state index contributed by atoms with van der Waals surface area (Å²) in [7, 11) is 0. The van der Waals surface area contributed by atoms with E-state index in [-0.39, 0.29) is 11.5 Å². The predicted octanol–water partition coefficient (Wildman–Crippen LogP) is 3.33. The molecule has 2 rings (SSSR count). The van der Waals surface area contributed by atoms with Crippen molar-refractivity contribution in [3.8, 4) is 5.75 Å². The molecule has 0 saturated heterocycles. The van der Waals surface area contributed by atoms with Crippen molar-refractivity contribution in [2.75, 3.05) is 0 Å². The Morgan fingerprint density at radius 3 is 2.18 bits per heavy atom. The van der Waals surface area contributed by atoms with Crippen LogP contribution >= 0.6 is 0 Å². The molecular formula is C12H9F3O2. The number of carbonyl (C=O) groups is 1. The molecule has 17 heavy (non-hydrogen) atoms. The van der Waals surface area contributed by atoms with Crippen molar-refractivity contribution in [1.82, 2.24) is 0 Å². The molecule has 0 radical (unpaired) electrons. The molecule has 0 atom stereocenters. The molecule has 0 N–H and O–H groups in total. The van der Waals surface area contributed by atoms with Gasteiger partial charge in [0.05, 0.1) is 0 Å². The quantitative estimate of drug-likeness (QED) is 0.795. The molecule has 0 bridgehead atoms. The average Bonchev–Trinajstić information content (AvgIpc) is 2.63. The van der Waals surface area contributed by atoms with E-state index in [4.69, 9.17) is 0 Å². The minimum absolute atomic E-state index is 0.0515. The highest BCUT2D eigenvalue weighted by atomic mass is 19.4. The van der Waals surface area contributed by atoms with Gasteiger partial charge in [-0.2, -0.15) is 0 Å². The fourth-order valence-electron chi connectivity index (χ4n) is 1.69. The lowest BCUT2D eigenvalue weighted by atomic mass is 10.1. The smallest absolute Gasteiger partial charge is 0.406 e. The van der Waals surface area contributed by atoms with Crippen molar-refractivity contribution in [1.29, 1.82) is 0 Å². The lowest BCUT2D eigenvalue weighted by Gasteiger charge is -2.09. The molecule has 0 heterocycles. The number of hydrogen-bond donors (Lipinski definition) is 0. The molecule has 1 aromatic carbocycles. The Morgan fingerprint density at radius 1 is 1.06 bits per heavy atom. The fraction of sp³-hybridized carbons (Fsp3) is 0.250. The van der Waals surface area contributed by atoms with Crippen LogP contribution in [-0.4, -0.2) is 12.1 Å². The monoisotopic (exact) mass is 242 g/mol. The molecule has 0 spiro atoms. The number of hydrogen-bond acceptors (Lipinski definition) is 2.